The summed E-state index contributed by atoms with van der Waals surface area (Å²) in [5.41, 5.74) is 0.872. The summed E-state index contributed by atoms with van der Waals surface area (Å²) in [6, 6.07) is 15.1. The van der Waals surface area contributed by atoms with E-state index in [0.717, 1.165) is 5.56 Å². The molecule has 0 bridgehead atoms. The van der Waals surface area contributed by atoms with E-state index in [4.69, 9.17) is 11.6 Å². The van der Waals surface area contributed by atoms with E-state index in [1.165, 1.54) is 12.1 Å². The number of rotatable bonds is 6. The Kier molecular flexibility index (Phi) is 5.80. The molecule has 2 aromatic carbocycles. The van der Waals surface area contributed by atoms with E-state index in [0.29, 0.717) is 5.02 Å². The molecule has 4 nitrogen and oxygen atoms in total. The molecular weight excluding hydrogens is 334 g/mol. The first kappa shape index (κ1) is 17.5. The first-order valence-electron chi connectivity index (χ1n) is 7.21. The van der Waals surface area contributed by atoms with Crippen LogP contribution in [0.25, 0.3) is 0 Å². The van der Waals surface area contributed by atoms with Gasteiger partial charge in [0.25, 0.3) is 0 Å². The van der Waals surface area contributed by atoms with Crippen LogP contribution < -0.4 is 5.32 Å². The number of carbonyl (C=O) groups excluding carboxylic acids is 1. The Balaban J connectivity index is 1.93. The van der Waals surface area contributed by atoms with Gasteiger partial charge in [0.1, 0.15) is 0 Å². The van der Waals surface area contributed by atoms with Crippen LogP contribution in [0.4, 0.5) is 0 Å². The maximum atomic E-state index is 12.1. The predicted molar refractivity (Wildman–Crippen MR) is 91.1 cm³/mol. The SMILES string of the molecule is C[C@H](NC(=O)CCS(=O)(=O)c1ccccc1)c1cccc(Cl)c1. The van der Waals surface area contributed by atoms with Crippen LogP contribution >= 0.6 is 11.6 Å². The van der Waals surface area contributed by atoms with Crippen molar-refractivity contribution < 1.29 is 13.2 Å². The molecule has 0 aliphatic heterocycles. The van der Waals surface area contributed by atoms with Crippen molar-refractivity contribution in [1.29, 1.82) is 0 Å². The Morgan fingerprint density at radius 1 is 1.13 bits per heavy atom. The highest BCUT2D eigenvalue weighted by Gasteiger charge is 2.17. The van der Waals surface area contributed by atoms with E-state index >= 15 is 0 Å². The van der Waals surface area contributed by atoms with E-state index in [1.807, 2.05) is 13.0 Å². The number of benzene rings is 2. The number of halogens is 1. The Labute approximate surface area is 141 Å². The zero-order valence-corrected chi connectivity index (χ0v) is 14.3. The average molecular weight is 352 g/mol. The fourth-order valence-corrected chi connectivity index (χ4v) is 3.61. The van der Waals surface area contributed by atoms with Crippen LogP contribution in [0.3, 0.4) is 0 Å². The molecule has 0 aliphatic rings. The molecule has 0 heterocycles. The van der Waals surface area contributed by atoms with E-state index < -0.39 is 9.84 Å². The van der Waals surface area contributed by atoms with Gasteiger partial charge in [0.2, 0.25) is 5.91 Å². The molecule has 0 radical (unpaired) electrons. The molecule has 1 N–H and O–H groups in total. The van der Waals surface area contributed by atoms with Crippen LogP contribution in [0.1, 0.15) is 24.9 Å². The normalized spacial score (nSPS) is 12.6. The van der Waals surface area contributed by atoms with Gasteiger partial charge in [0.05, 0.1) is 16.7 Å². The van der Waals surface area contributed by atoms with Crippen molar-refractivity contribution in [2.45, 2.75) is 24.3 Å². The smallest absolute Gasteiger partial charge is 0.221 e. The Morgan fingerprint density at radius 3 is 2.48 bits per heavy atom. The Hall–Kier alpha value is -1.85. The standard InChI is InChI=1S/C17H18ClNO3S/c1-13(14-6-5-7-15(18)12-14)19-17(20)10-11-23(21,22)16-8-3-2-4-9-16/h2-9,12-13H,10-11H2,1H3,(H,19,20)/t13-/m0/s1. The number of hydrogen-bond acceptors (Lipinski definition) is 3. The van der Waals surface area contributed by atoms with Crippen molar-refractivity contribution in [2.75, 3.05) is 5.75 Å². The molecule has 23 heavy (non-hydrogen) atoms. The number of carbonyl (C=O) groups is 1. The average Bonchev–Trinajstić information content (AvgIpc) is 2.54. The van der Waals surface area contributed by atoms with Gasteiger partial charge in [-0.15, -0.1) is 0 Å². The summed E-state index contributed by atoms with van der Waals surface area (Å²) < 4.78 is 24.3. The third kappa shape index (κ3) is 5.08. The van der Waals surface area contributed by atoms with Crippen molar-refractivity contribution in [3.05, 3.63) is 65.2 Å². The van der Waals surface area contributed by atoms with Crippen molar-refractivity contribution in [3.8, 4) is 0 Å². The maximum absolute atomic E-state index is 12.1. The summed E-state index contributed by atoms with van der Waals surface area (Å²) in [5, 5.41) is 3.38. The van der Waals surface area contributed by atoms with Crippen LogP contribution in [0, 0.1) is 0 Å². The lowest BCUT2D eigenvalue weighted by atomic mass is 10.1. The number of hydrogen-bond donors (Lipinski definition) is 1. The lowest BCUT2D eigenvalue weighted by Crippen LogP contribution is -2.28. The molecule has 2 rings (SSSR count). The number of sulfone groups is 1. The molecule has 0 unspecified atom stereocenters. The van der Waals surface area contributed by atoms with Crippen LogP contribution in [-0.4, -0.2) is 20.1 Å². The molecule has 0 aromatic heterocycles. The molecule has 0 saturated heterocycles. The maximum Gasteiger partial charge on any atom is 0.221 e. The van der Waals surface area contributed by atoms with Crippen molar-refractivity contribution in [2.24, 2.45) is 0 Å². The van der Waals surface area contributed by atoms with Crippen LogP contribution in [0.15, 0.2) is 59.5 Å². The van der Waals surface area contributed by atoms with Crippen molar-refractivity contribution in [3.63, 3.8) is 0 Å². The molecule has 0 fully saturated rings. The minimum absolute atomic E-state index is 0.0812. The van der Waals surface area contributed by atoms with Gasteiger partial charge in [-0.05, 0) is 36.8 Å². The lowest BCUT2D eigenvalue weighted by molar-refractivity contribution is -0.121. The molecule has 0 spiro atoms. The molecule has 2 aromatic rings. The molecule has 1 atom stereocenters. The highest BCUT2D eigenvalue weighted by molar-refractivity contribution is 7.91. The van der Waals surface area contributed by atoms with Gasteiger partial charge in [0.15, 0.2) is 9.84 Å². The summed E-state index contributed by atoms with van der Waals surface area (Å²) in [4.78, 5) is 12.2. The van der Waals surface area contributed by atoms with Gasteiger partial charge in [-0.2, -0.15) is 0 Å². The largest absolute Gasteiger partial charge is 0.350 e. The van der Waals surface area contributed by atoms with Gasteiger partial charge < -0.3 is 5.32 Å². The minimum atomic E-state index is -3.44. The van der Waals surface area contributed by atoms with Crippen molar-refractivity contribution in [1.82, 2.24) is 5.32 Å². The summed E-state index contributed by atoms with van der Waals surface area (Å²) in [5.74, 6) is -0.526. The fraction of sp³-hybridized carbons (Fsp3) is 0.235. The zero-order valence-electron chi connectivity index (χ0n) is 12.7. The minimum Gasteiger partial charge on any atom is -0.350 e. The second-order valence-electron chi connectivity index (χ2n) is 5.23. The van der Waals surface area contributed by atoms with Crippen LogP contribution in [0.5, 0.6) is 0 Å². The van der Waals surface area contributed by atoms with Gasteiger partial charge in [0, 0.05) is 11.4 Å². The summed E-state index contributed by atoms with van der Waals surface area (Å²) in [6.45, 7) is 1.83. The highest BCUT2D eigenvalue weighted by atomic mass is 35.5. The van der Waals surface area contributed by atoms with Gasteiger partial charge in [-0.3, -0.25) is 4.79 Å². The van der Waals surface area contributed by atoms with Crippen LogP contribution in [-0.2, 0) is 14.6 Å². The second kappa shape index (κ2) is 7.62. The molecule has 1 amide bonds. The molecule has 0 saturated carbocycles. The molecule has 0 aliphatic carbocycles. The third-order valence-corrected chi connectivity index (χ3v) is 5.39. The van der Waals surface area contributed by atoms with E-state index in [-0.39, 0.29) is 29.0 Å². The van der Waals surface area contributed by atoms with Crippen LogP contribution in [0.2, 0.25) is 5.02 Å². The van der Waals surface area contributed by atoms with E-state index in [1.54, 1.807) is 36.4 Å². The molecular formula is C17H18ClNO3S. The fourth-order valence-electron chi connectivity index (χ4n) is 2.15. The Bertz CT molecular complexity index is 775. The van der Waals surface area contributed by atoms with Crippen molar-refractivity contribution >= 4 is 27.3 Å². The first-order chi connectivity index (χ1) is 10.9. The molecule has 122 valence electrons. The molecule has 6 heteroatoms. The van der Waals surface area contributed by atoms with Gasteiger partial charge in [-0.25, -0.2) is 8.42 Å². The first-order valence-corrected chi connectivity index (χ1v) is 9.24. The number of nitrogens with one attached hydrogen (secondary N) is 1. The topological polar surface area (TPSA) is 63.2 Å². The lowest BCUT2D eigenvalue weighted by Gasteiger charge is -2.14. The van der Waals surface area contributed by atoms with Gasteiger partial charge >= 0.3 is 0 Å². The monoisotopic (exact) mass is 351 g/mol. The zero-order chi connectivity index (χ0) is 16.9. The predicted octanol–water partition coefficient (Wildman–Crippen LogP) is 3.38. The van der Waals surface area contributed by atoms with E-state index in [9.17, 15) is 13.2 Å². The summed E-state index contributed by atoms with van der Waals surface area (Å²) in [7, 11) is -3.44. The highest BCUT2D eigenvalue weighted by Crippen LogP contribution is 2.17. The quantitative estimate of drug-likeness (QED) is 0.867. The summed E-state index contributed by atoms with van der Waals surface area (Å²) in [6.07, 6.45) is -0.0812. The Morgan fingerprint density at radius 2 is 1.83 bits per heavy atom. The second-order valence-corrected chi connectivity index (χ2v) is 7.77. The van der Waals surface area contributed by atoms with Gasteiger partial charge in [-0.1, -0.05) is 41.9 Å². The third-order valence-electron chi connectivity index (χ3n) is 3.43. The number of amides is 1. The van der Waals surface area contributed by atoms with E-state index in [2.05, 4.69) is 5.32 Å². The summed E-state index contributed by atoms with van der Waals surface area (Å²) >= 11 is 5.92.